The molecular formula is C19H14BrClN2O3. The SMILES string of the molecule is O=C(Nc1ccc(OCc2ccc(Cl)nc2)cc1)Oc1ccc(Br)cc1. The summed E-state index contributed by atoms with van der Waals surface area (Å²) in [6.45, 7) is 0.378. The van der Waals surface area contributed by atoms with Gasteiger partial charge in [0.2, 0.25) is 0 Å². The van der Waals surface area contributed by atoms with Gasteiger partial charge < -0.3 is 9.47 Å². The Labute approximate surface area is 164 Å². The Hall–Kier alpha value is -2.57. The minimum atomic E-state index is -0.562. The van der Waals surface area contributed by atoms with Crippen molar-refractivity contribution in [3.8, 4) is 11.5 Å². The molecular weight excluding hydrogens is 420 g/mol. The summed E-state index contributed by atoms with van der Waals surface area (Å²) < 4.78 is 11.8. The molecule has 0 saturated heterocycles. The number of rotatable bonds is 5. The van der Waals surface area contributed by atoms with Crippen molar-refractivity contribution in [1.29, 1.82) is 0 Å². The molecule has 0 spiro atoms. The number of carbonyl (C=O) groups is 1. The van der Waals surface area contributed by atoms with Crippen molar-refractivity contribution in [1.82, 2.24) is 4.98 Å². The van der Waals surface area contributed by atoms with Gasteiger partial charge in [0, 0.05) is 21.9 Å². The standard InChI is InChI=1S/C19H14BrClN2O3/c20-14-2-6-17(7-3-14)26-19(24)23-15-4-8-16(9-5-15)25-12-13-1-10-18(21)22-11-13/h1-11H,12H2,(H,23,24). The maximum atomic E-state index is 11.9. The van der Waals surface area contributed by atoms with Gasteiger partial charge in [0.1, 0.15) is 23.3 Å². The molecule has 0 bridgehead atoms. The van der Waals surface area contributed by atoms with E-state index in [1.807, 2.05) is 6.07 Å². The third-order valence-corrected chi connectivity index (χ3v) is 4.07. The molecule has 5 nitrogen and oxygen atoms in total. The molecule has 2 aromatic carbocycles. The Balaban J connectivity index is 1.51. The first-order valence-electron chi connectivity index (χ1n) is 7.66. The van der Waals surface area contributed by atoms with Crippen LogP contribution in [0.3, 0.4) is 0 Å². The van der Waals surface area contributed by atoms with Gasteiger partial charge in [-0.05, 0) is 54.6 Å². The zero-order chi connectivity index (χ0) is 18.4. The summed E-state index contributed by atoms with van der Waals surface area (Å²) in [5.41, 5.74) is 1.52. The van der Waals surface area contributed by atoms with Gasteiger partial charge in [-0.3, -0.25) is 5.32 Å². The van der Waals surface area contributed by atoms with E-state index >= 15 is 0 Å². The number of hydrogen-bond donors (Lipinski definition) is 1. The van der Waals surface area contributed by atoms with Crippen molar-refractivity contribution in [2.24, 2.45) is 0 Å². The molecule has 0 saturated carbocycles. The number of aromatic nitrogens is 1. The van der Waals surface area contributed by atoms with Crippen molar-refractivity contribution in [3.05, 3.63) is 82.0 Å². The monoisotopic (exact) mass is 432 g/mol. The van der Waals surface area contributed by atoms with Crippen LogP contribution in [0, 0.1) is 0 Å². The first-order chi connectivity index (χ1) is 12.6. The highest BCUT2D eigenvalue weighted by Gasteiger charge is 2.05. The van der Waals surface area contributed by atoms with Crippen LogP contribution in [0.2, 0.25) is 5.15 Å². The van der Waals surface area contributed by atoms with Crippen LogP contribution in [0.25, 0.3) is 0 Å². The lowest BCUT2D eigenvalue weighted by atomic mass is 10.3. The fraction of sp³-hybridized carbons (Fsp3) is 0.0526. The predicted molar refractivity (Wildman–Crippen MR) is 104 cm³/mol. The molecule has 1 N–H and O–H groups in total. The van der Waals surface area contributed by atoms with E-state index in [0.717, 1.165) is 10.0 Å². The van der Waals surface area contributed by atoms with Gasteiger partial charge in [0.15, 0.2) is 0 Å². The Morgan fingerprint density at radius 1 is 1.00 bits per heavy atom. The Kier molecular flexibility index (Phi) is 6.09. The average molecular weight is 434 g/mol. The number of benzene rings is 2. The average Bonchev–Trinajstić information content (AvgIpc) is 2.64. The second-order valence-corrected chi connectivity index (χ2v) is 6.57. The number of anilines is 1. The number of pyridine rings is 1. The van der Waals surface area contributed by atoms with Gasteiger partial charge >= 0.3 is 6.09 Å². The van der Waals surface area contributed by atoms with Crippen LogP contribution < -0.4 is 14.8 Å². The second-order valence-electron chi connectivity index (χ2n) is 5.27. The molecule has 0 unspecified atom stereocenters. The summed E-state index contributed by atoms with van der Waals surface area (Å²) in [4.78, 5) is 15.9. The number of hydrogen-bond acceptors (Lipinski definition) is 4. The van der Waals surface area contributed by atoms with Crippen LogP contribution in [0.15, 0.2) is 71.3 Å². The van der Waals surface area contributed by atoms with Gasteiger partial charge in [0.25, 0.3) is 0 Å². The van der Waals surface area contributed by atoms with Crippen molar-refractivity contribution < 1.29 is 14.3 Å². The van der Waals surface area contributed by atoms with E-state index < -0.39 is 6.09 Å². The van der Waals surface area contributed by atoms with Crippen LogP contribution in [0.1, 0.15) is 5.56 Å². The highest BCUT2D eigenvalue weighted by atomic mass is 79.9. The van der Waals surface area contributed by atoms with Crippen LogP contribution >= 0.6 is 27.5 Å². The molecule has 7 heteroatoms. The molecule has 1 heterocycles. The maximum Gasteiger partial charge on any atom is 0.417 e. The van der Waals surface area contributed by atoms with E-state index in [1.54, 1.807) is 60.8 Å². The largest absolute Gasteiger partial charge is 0.489 e. The van der Waals surface area contributed by atoms with E-state index in [9.17, 15) is 4.79 Å². The molecule has 26 heavy (non-hydrogen) atoms. The third kappa shape index (κ3) is 5.47. The molecule has 0 fully saturated rings. The van der Waals surface area contributed by atoms with E-state index in [0.29, 0.717) is 28.9 Å². The van der Waals surface area contributed by atoms with Crippen LogP contribution in [-0.4, -0.2) is 11.1 Å². The minimum absolute atomic E-state index is 0.378. The Morgan fingerprint density at radius 2 is 1.69 bits per heavy atom. The molecule has 0 aliphatic carbocycles. The van der Waals surface area contributed by atoms with Gasteiger partial charge in [-0.25, -0.2) is 9.78 Å². The third-order valence-electron chi connectivity index (χ3n) is 3.32. The molecule has 0 aliphatic rings. The number of amides is 1. The first-order valence-corrected chi connectivity index (χ1v) is 8.83. The number of carbonyl (C=O) groups excluding carboxylic acids is 1. The quantitative estimate of drug-likeness (QED) is 0.525. The lowest BCUT2D eigenvalue weighted by Gasteiger charge is -2.09. The summed E-state index contributed by atoms with van der Waals surface area (Å²) in [5, 5.41) is 3.10. The normalized spacial score (nSPS) is 10.2. The lowest BCUT2D eigenvalue weighted by Crippen LogP contribution is -2.16. The molecule has 0 radical (unpaired) electrons. The Bertz CT molecular complexity index is 869. The van der Waals surface area contributed by atoms with Gasteiger partial charge in [-0.1, -0.05) is 33.6 Å². The van der Waals surface area contributed by atoms with Crippen LogP contribution in [0.4, 0.5) is 10.5 Å². The molecule has 132 valence electrons. The number of nitrogens with one attached hydrogen (secondary N) is 1. The van der Waals surface area contributed by atoms with Gasteiger partial charge in [-0.15, -0.1) is 0 Å². The van der Waals surface area contributed by atoms with E-state index in [2.05, 4.69) is 26.2 Å². The summed E-state index contributed by atoms with van der Waals surface area (Å²) in [6.07, 6.45) is 1.10. The molecule has 3 aromatic rings. The summed E-state index contributed by atoms with van der Waals surface area (Å²) in [7, 11) is 0. The highest BCUT2D eigenvalue weighted by molar-refractivity contribution is 9.10. The summed E-state index contributed by atoms with van der Waals surface area (Å²) >= 11 is 9.07. The number of nitrogens with zero attached hydrogens (tertiary/aromatic N) is 1. The van der Waals surface area contributed by atoms with Crippen molar-refractivity contribution in [2.75, 3.05) is 5.32 Å². The predicted octanol–water partition coefficient (Wildman–Crippen LogP) is 5.69. The first kappa shape index (κ1) is 18.2. The van der Waals surface area contributed by atoms with Crippen molar-refractivity contribution in [3.63, 3.8) is 0 Å². The zero-order valence-corrected chi connectivity index (χ0v) is 15.8. The number of halogens is 2. The lowest BCUT2D eigenvalue weighted by molar-refractivity contribution is 0.215. The van der Waals surface area contributed by atoms with Crippen LogP contribution in [0.5, 0.6) is 11.5 Å². The van der Waals surface area contributed by atoms with Crippen LogP contribution in [-0.2, 0) is 6.61 Å². The summed E-state index contributed by atoms with van der Waals surface area (Å²) in [5.74, 6) is 1.13. The van der Waals surface area contributed by atoms with E-state index in [-0.39, 0.29) is 0 Å². The fourth-order valence-corrected chi connectivity index (χ4v) is 2.42. The second kappa shape index (κ2) is 8.69. The van der Waals surface area contributed by atoms with Crippen molar-refractivity contribution in [2.45, 2.75) is 6.61 Å². The molecule has 0 atom stereocenters. The highest BCUT2D eigenvalue weighted by Crippen LogP contribution is 2.19. The van der Waals surface area contributed by atoms with E-state index in [4.69, 9.17) is 21.1 Å². The zero-order valence-electron chi connectivity index (χ0n) is 13.5. The minimum Gasteiger partial charge on any atom is -0.489 e. The Morgan fingerprint density at radius 3 is 2.35 bits per heavy atom. The van der Waals surface area contributed by atoms with Gasteiger partial charge in [0.05, 0.1) is 0 Å². The topological polar surface area (TPSA) is 60.5 Å². The fourth-order valence-electron chi connectivity index (χ4n) is 2.05. The maximum absolute atomic E-state index is 11.9. The molecule has 3 rings (SSSR count). The van der Waals surface area contributed by atoms with E-state index in [1.165, 1.54) is 0 Å². The smallest absolute Gasteiger partial charge is 0.417 e. The van der Waals surface area contributed by atoms with Crippen molar-refractivity contribution >= 4 is 39.3 Å². The molecule has 1 amide bonds. The van der Waals surface area contributed by atoms with Gasteiger partial charge in [-0.2, -0.15) is 0 Å². The molecule has 1 aromatic heterocycles. The molecule has 0 aliphatic heterocycles. The number of ether oxygens (including phenoxy) is 2. The summed E-state index contributed by atoms with van der Waals surface area (Å²) in [6, 6.07) is 17.6.